The lowest BCUT2D eigenvalue weighted by atomic mass is 10.1. The van der Waals surface area contributed by atoms with Crippen molar-refractivity contribution in [1.82, 2.24) is 4.98 Å². The van der Waals surface area contributed by atoms with Crippen molar-refractivity contribution in [3.05, 3.63) is 35.3 Å². The molecule has 0 amide bonds. The molecule has 19 heavy (non-hydrogen) atoms. The van der Waals surface area contributed by atoms with Crippen LogP contribution in [0.2, 0.25) is 0 Å². The van der Waals surface area contributed by atoms with E-state index in [0.29, 0.717) is 6.07 Å². The van der Waals surface area contributed by atoms with E-state index in [0.717, 1.165) is 0 Å². The average Bonchev–Trinajstić information content (AvgIpc) is 2.33. The van der Waals surface area contributed by atoms with Crippen LogP contribution in [-0.4, -0.2) is 12.0 Å². The molecule has 102 valence electrons. The lowest BCUT2D eigenvalue weighted by Gasteiger charge is -2.12. The molecule has 1 heterocycles. The molecule has 0 aliphatic rings. The minimum absolute atomic E-state index is 0.157. The summed E-state index contributed by atoms with van der Waals surface area (Å²) in [4.78, 5) is 3.01. The third-order valence-corrected chi connectivity index (χ3v) is 2.49. The molecule has 0 aliphatic heterocycles. The van der Waals surface area contributed by atoms with E-state index in [4.69, 9.17) is 0 Å². The van der Waals surface area contributed by atoms with Gasteiger partial charge in [0.25, 0.3) is 0 Å². The van der Waals surface area contributed by atoms with E-state index in [1.807, 2.05) is 0 Å². The van der Waals surface area contributed by atoms with Crippen molar-refractivity contribution >= 4 is 16.6 Å². The number of nitrogens with zero attached hydrogens (tertiary/aromatic N) is 1. The summed E-state index contributed by atoms with van der Waals surface area (Å²) in [5.41, 5.74) is -2.67. The molecule has 0 unspecified atom stereocenters. The number of fused-ring (bicyclic) bond motifs is 1. The average molecular weight is 280 g/mol. The van der Waals surface area contributed by atoms with Gasteiger partial charge in [-0.25, -0.2) is 18.2 Å². The molecular weight excluding hydrogens is 274 g/mol. The van der Waals surface area contributed by atoms with Crippen molar-refractivity contribution in [3.8, 4) is 0 Å². The van der Waals surface area contributed by atoms with Gasteiger partial charge in [0.05, 0.1) is 5.39 Å². The number of halogens is 6. The first-order valence-electron chi connectivity index (χ1n) is 4.99. The molecule has 0 atom stereocenters. The molecular formula is C11H6F6N2. The first kappa shape index (κ1) is 13.4. The van der Waals surface area contributed by atoms with Crippen LogP contribution in [0.1, 0.15) is 5.69 Å². The van der Waals surface area contributed by atoms with Gasteiger partial charge in [-0.3, -0.25) is 0 Å². The number of hydrogen-bond donors (Lipinski definition) is 1. The molecule has 1 aromatic carbocycles. The molecule has 0 radical (unpaired) electrons. The number of hydrogen-bond acceptors (Lipinski definition) is 2. The van der Waals surface area contributed by atoms with Gasteiger partial charge in [0, 0.05) is 18.8 Å². The summed E-state index contributed by atoms with van der Waals surface area (Å²) in [6, 6.07) is 0.647. The van der Waals surface area contributed by atoms with Crippen LogP contribution in [0.4, 0.5) is 32.0 Å². The smallest absolute Gasteiger partial charge is 0.387 e. The van der Waals surface area contributed by atoms with Gasteiger partial charge < -0.3 is 5.32 Å². The highest BCUT2D eigenvalue weighted by atomic mass is 19.4. The van der Waals surface area contributed by atoms with Gasteiger partial charge >= 0.3 is 6.18 Å². The van der Waals surface area contributed by atoms with E-state index in [-0.39, 0.29) is 6.07 Å². The Morgan fingerprint density at radius 3 is 2.21 bits per heavy atom. The quantitative estimate of drug-likeness (QED) is 0.636. The second kappa shape index (κ2) is 4.29. The third-order valence-electron chi connectivity index (χ3n) is 2.49. The van der Waals surface area contributed by atoms with Crippen molar-refractivity contribution < 1.29 is 26.3 Å². The van der Waals surface area contributed by atoms with Crippen molar-refractivity contribution in [2.75, 3.05) is 12.4 Å². The second-order valence-electron chi connectivity index (χ2n) is 3.68. The fourth-order valence-electron chi connectivity index (χ4n) is 1.64. The lowest BCUT2D eigenvalue weighted by molar-refractivity contribution is -0.140. The number of alkyl halides is 3. The summed E-state index contributed by atoms with van der Waals surface area (Å²) in [6.45, 7) is 0. The van der Waals surface area contributed by atoms with Crippen LogP contribution in [0, 0.1) is 17.5 Å². The normalized spacial score (nSPS) is 11.9. The predicted molar refractivity (Wildman–Crippen MR) is 56.2 cm³/mol. The molecule has 2 rings (SSSR count). The maximum atomic E-state index is 13.6. The number of pyridine rings is 1. The van der Waals surface area contributed by atoms with E-state index in [2.05, 4.69) is 10.3 Å². The Morgan fingerprint density at radius 2 is 1.68 bits per heavy atom. The summed E-state index contributed by atoms with van der Waals surface area (Å²) in [5.74, 6) is -4.32. The van der Waals surface area contributed by atoms with Gasteiger partial charge in [-0.15, -0.1) is 0 Å². The Kier molecular flexibility index (Phi) is 3.03. The summed E-state index contributed by atoms with van der Waals surface area (Å²) < 4.78 is 77.8. The molecule has 0 saturated carbocycles. The predicted octanol–water partition coefficient (Wildman–Crippen LogP) is 3.71. The summed E-state index contributed by atoms with van der Waals surface area (Å²) in [6.07, 6.45) is -4.82. The Hall–Kier alpha value is -1.99. The van der Waals surface area contributed by atoms with Crippen LogP contribution < -0.4 is 5.32 Å². The van der Waals surface area contributed by atoms with Crippen LogP contribution >= 0.6 is 0 Å². The molecule has 1 aromatic heterocycles. The highest BCUT2D eigenvalue weighted by Crippen LogP contribution is 2.35. The highest BCUT2D eigenvalue weighted by molar-refractivity contribution is 5.92. The maximum Gasteiger partial charge on any atom is 0.433 e. The fraction of sp³-hybridized carbons (Fsp3) is 0.182. The maximum absolute atomic E-state index is 13.6. The van der Waals surface area contributed by atoms with Crippen LogP contribution in [0.3, 0.4) is 0 Å². The molecule has 0 saturated heterocycles. The van der Waals surface area contributed by atoms with Crippen molar-refractivity contribution in [3.63, 3.8) is 0 Å². The van der Waals surface area contributed by atoms with E-state index in [1.54, 1.807) is 0 Å². The Balaban J connectivity index is 2.93. The van der Waals surface area contributed by atoms with E-state index in [1.165, 1.54) is 7.05 Å². The number of aromatic nitrogens is 1. The first-order valence-corrected chi connectivity index (χ1v) is 4.99. The van der Waals surface area contributed by atoms with Gasteiger partial charge in [0.15, 0.2) is 17.5 Å². The fourth-order valence-corrected chi connectivity index (χ4v) is 1.64. The van der Waals surface area contributed by atoms with E-state index < -0.39 is 45.9 Å². The van der Waals surface area contributed by atoms with Crippen LogP contribution in [0.5, 0.6) is 0 Å². The van der Waals surface area contributed by atoms with Crippen molar-refractivity contribution in [1.29, 1.82) is 0 Å². The molecule has 0 aliphatic carbocycles. The standard InChI is InChI=1S/C11H6F6N2/c1-18-6-3-7(11(15,16)17)19-10-5(13)2-4(12)9(14)8(6)10/h2-3H,1H3,(H,18,19). The summed E-state index contributed by atoms with van der Waals surface area (Å²) >= 11 is 0. The zero-order valence-electron chi connectivity index (χ0n) is 9.37. The highest BCUT2D eigenvalue weighted by Gasteiger charge is 2.34. The van der Waals surface area contributed by atoms with E-state index >= 15 is 0 Å². The molecule has 8 heteroatoms. The minimum Gasteiger partial charge on any atom is -0.387 e. The van der Waals surface area contributed by atoms with Crippen molar-refractivity contribution in [2.24, 2.45) is 0 Å². The Morgan fingerprint density at radius 1 is 1.05 bits per heavy atom. The SMILES string of the molecule is CNc1cc(C(F)(F)F)nc2c(F)cc(F)c(F)c12. The monoisotopic (exact) mass is 280 g/mol. The van der Waals surface area contributed by atoms with Gasteiger partial charge in [0.1, 0.15) is 11.2 Å². The minimum atomic E-state index is -4.82. The molecule has 0 spiro atoms. The van der Waals surface area contributed by atoms with Crippen LogP contribution in [-0.2, 0) is 6.18 Å². The van der Waals surface area contributed by atoms with Crippen molar-refractivity contribution in [2.45, 2.75) is 6.18 Å². The van der Waals surface area contributed by atoms with Gasteiger partial charge in [0.2, 0.25) is 0 Å². The summed E-state index contributed by atoms with van der Waals surface area (Å²) in [5, 5.41) is 1.61. The Labute approximate surface area is 103 Å². The molecule has 2 nitrogen and oxygen atoms in total. The topological polar surface area (TPSA) is 24.9 Å². The molecule has 0 bridgehead atoms. The van der Waals surface area contributed by atoms with Crippen LogP contribution in [0.15, 0.2) is 12.1 Å². The van der Waals surface area contributed by atoms with Gasteiger partial charge in [-0.2, -0.15) is 13.2 Å². The van der Waals surface area contributed by atoms with E-state index in [9.17, 15) is 26.3 Å². The van der Waals surface area contributed by atoms with Gasteiger partial charge in [-0.05, 0) is 6.07 Å². The van der Waals surface area contributed by atoms with Gasteiger partial charge in [-0.1, -0.05) is 0 Å². The Bertz CT molecular complexity index is 650. The second-order valence-corrected chi connectivity index (χ2v) is 3.68. The molecule has 2 aromatic rings. The largest absolute Gasteiger partial charge is 0.433 e. The number of nitrogens with one attached hydrogen (secondary N) is 1. The molecule has 1 N–H and O–H groups in total. The molecule has 0 fully saturated rings. The summed E-state index contributed by atoms with van der Waals surface area (Å²) in [7, 11) is 1.21. The van der Waals surface area contributed by atoms with Crippen LogP contribution in [0.25, 0.3) is 10.9 Å². The number of rotatable bonds is 1. The number of anilines is 1. The lowest BCUT2D eigenvalue weighted by Crippen LogP contribution is -2.10. The first-order chi connectivity index (χ1) is 8.75. The zero-order chi connectivity index (χ0) is 14.4. The third kappa shape index (κ3) is 2.18. The zero-order valence-corrected chi connectivity index (χ0v) is 9.37. The number of benzene rings is 1.